The number of imidazole rings is 1. The standard InChI is InChI=1S/C9H7BrN2O/c1-5(13)9-11-7-4-2-3-6(10)8(7)12-9/h2-4H,1H3,(H,11,12). The predicted octanol–water partition coefficient (Wildman–Crippen LogP) is 2.53. The maximum absolute atomic E-state index is 11.0. The van der Waals surface area contributed by atoms with E-state index in [1.165, 1.54) is 6.92 Å². The number of aromatic nitrogens is 2. The van der Waals surface area contributed by atoms with Crippen LogP contribution in [-0.4, -0.2) is 15.8 Å². The van der Waals surface area contributed by atoms with Gasteiger partial charge in [-0.15, -0.1) is 0 Å². The van der Waals surface area contributed by atoms with Crippen molar-refractivity contribution >= 4 is 32.7 Å². The minimum Gasteiger partial charge on any atom is -0.335 e. The third-order valence-corrected chi connectivity index (χ3v) is 2.44. The van der Waals surface area contributed by atoms with Gasteiger partial charge >= 0.3 is 0 Å². The summed E-state index contributed by atoms with van der Waals surface area (Å²) in [6.07, 6.45) is 0. The van der Waals surface area contributed by atoms with Crippen LogP contribution >= 0.6 is 15.9 Å². The molecule has 1 aromatic heterocycles. The Morgan fingerprint density at radius 1 is 1.54 bits per heavy atom. The van der Waals surface area contributed by atoms with E-state index < -0.39 is 0 Å². The van der Waals surface area contributed by atoms with E-state index in [-0.39, 0.29) is 5.78 Å². The zero-order valence-electron chi connectivity index (χ0n) is 6.97. The van der Waals surface area contributed by atoms with Crippen molar-refractivity contribution in [3.63, 3.8) is 0 Å². The molecule has 0 aliphatic rings. The number of para-hydroxylation sites is 1. The Kier molecular flexibility index (Phi) is 1.92. The fourth-order valence-corrected chi connectivity index (χ4v) is 1.62. The molecule has 0 amide bonds. The lowest BCUT2D eigenvalue weighted by Gasteiger charge is -1.88. The van der Waals surface area contributed by atoms with Crippen LogP contribution in [-0.2, 0) is 0 Å². The first kappa shape index (κ1) is 8.44. The van der Waals surface area contributed by atoms with E-state index in [9.17, 15) is 4.79 Å². The van der Waals surface area contributed by atoms with E-state index in [2.05, 4.69) is 25.9 Å². The fraction of sp³-hybridized carbons (Fsp3) is 0.111. The third-order valence-electron chi connectivity index (χ3n) is 1.80. The second-order valence-corrected chi connectivity index (χ2v) is 3.63. The van der Waals surface area contributed by atoms with Gasteiger partial charge in [0.05, 0.1) is 5.52 Å². The second kappa shape index (κ2) is 2.96. The van der Waals surface area contributed by atoms with Crippen molar-refractivity contribution in [3.8, 4) is 0 Å². The van der Waals surface area contributed by atoms with Gasteiger partial charge in [-0.05, 0) is 28.1 Å². The van der Waals surface area contributed by atoms with Gasteiger partial charge in [-0.2, -0.15) is 0 Å². The molecule has 0 saturated heterocycles. The summed E-state index contributed by atoms with van der Waals surface area (Å²) >= 11 is 3.37. The number of H-pyrrole nitrogens is 1. The van der Waals surface area contributed by atoms with Crippen LogP contribution < -0.4 is 0 Å². The number of carbonyl (C=O) groups is 1. The minimum atomic E-state index is -0.0527. The molecule has 2 rings (SSSR count). The highest BCUT2D eigenvalue weighted by Crippen LogP contribution is 2.21. The molecular weight excluding hydrogens is 232 g/mol. The van der Waals surface area contributed by atoms with Crippen LogP contribution in [0.1, 0.15) is 17.5 Å². The molecule has 66 valence electrons. The molecule has 0 aliphatic heterocycles. The molecule has 0 unspecified atom stereocenters. The fourth-order valence-electron chi connectivity index (χ4n) is 1.16. The largest absolute Gasteiger partial charge is 0.335 e. The molecule has 2 aromatic rings. The van der Waals surface area contributed by atoms with Crippen molar-refractivity contribution in [2.75, 3.05) is 0 Å². The Bertz CT molecular complexity index is 475. The van der Waals surface area contributed by atoms with Crippen molar-refractivity contribution in [1.29, 1.82) is 0 Å². The SMILES string of the molecule is CC(=O)c1nc2c(Br)cccc2[nH]1. The van der Waals surface area contributed by atoms with Crippen molar-refractivity contribution in [1.82, 2.24) is 9.97 Å². The molecule has 0 bridgehead atoms. The number of carbonyl (C=O) groups excluding carboxylic acids is 1. The normalized spacial score (nSPS) is 10.6. The predicted molar refractivity (Wildman–Crippen MR) is 53.8 cm³/mol. The van der Waals surface area contributed by atoms with E-state index in [0.29, 0.717) is 5.82 Å². The number of nitrogens with zero attached hydrogens (tertiary/aromatic N) is 1. The lowest BCUT2D eigenvalue weighted by atomic mass is 10.3. The first-order valence-electron chi connectivity index (χ1n) is 3.83. The number of aromatic amines is 1. The molecule has 1 N–H and O–H groups in total. The third kappa shape index (κ3) is 1.37. The molecule has 0 saturated carbocycles. The number of rotatable bonds is 1. The van der Waals surface area contributed by atoms with Gasteiger partial charge in [0.25, 0.3) is 0 Å². The summed E-state index contributed by atoms with van der Waals surface area (Å²) in [6, 6.07) is 5.68. The number of ketones is 1. The first-order chi connectivity index (χ1) is 6.18. The summed E-state index contributed by atoms with van der Waals surface area (Å²) in [5.41, 5.74) is 1.67. The van der Waals surface area contributed by atoms with Gasteiger partial charge < -0.3 is 4.98 Å². The van der Waals surface area contributed by atoms with Crippen LogP contribution in [0.5, 0.6) is 0 Å². The van der Waals surface area contributed by atoms with Crippen LogP contribution in [0.15, 0.2) is 22.7 Å². The maximum atomic E-state index is 11.0. The van der Waals surface area contributed by atoms with Crippen LogP contribution in [0.3, 0.4) is 0 Å². The Morgan fingerprint density at radius 2 is 2.31 bits per heavy atom. The number of nitrogens with one attached hydrogen (secondary N) is 1. The summed E-state index contributed by atoms with van der Waals surface area (Å²) in [7, 11) is 0. The highest BCUT2D eigenvalue weighted by Gasteiger charge is 2.07. The van der Waals surface area contributed by atoms with Gasteiger partial charge in [0, 0.05) is 11.4 Å². The average molecular weight is 239 g/mol. The summed E-state index contributed by atoms with van der Waals surface area (Å²) in [4.78, 5) is 18.1. The summed E-state index contributed by atoms with van der Waals surface area (Å²) in [5.74, 6) is 0.352. The average Bonchev–Trinajstić information content (AvgIpc) is 2.49. The zero-order chi connectivity index (χ0) is 9.42. The highest BCUT2D eigenvalue weighted by molar-refractivity contribution is 9.10. The molecule has 4 heteroatoms. The number of fused-ring (bicyclic) bond motifs is 1. The van der Waals surface area contributed by atoms with Gasteiger partial charge in [-0.1, -0.05) is 6.07 Å². The number of Topliss-reactive ketones (excluding diaryl/α,β-unsaturated/α-hetero) is 1. The summed E-state index contributed by atoms with van der Waals surface area (Å²) in [5, 5.41) is 0. The maximum Gasteiger partial charge on any atom is 0.195 e. The summed E-state index contributed by atoms with van der Waals surface area (Å²) < 4.78 is 0.897. The molecule has 3 nitrogen and oxygen atoms in total. The van der Waals surface area contributed by atoms with Gasteiger partial charge in [0.1, 0.15) is 5.52 Å². The van der Waals surface area contributed by atoms with Gasteiger partial charge in [-0.25, -0.2) is 4.98 Å². The molecule has 0 radical (unpaired) electrons. The molecule has 0 aliphatic carbocycles. The quantitative estimate of drug-likeness (QED) is 0.777. The monoisotopic (exact) mass is 238 g/mol. The van der Waals surface area contributed by atoms with Crippen molar-refractivity contribution in [2.24, 2.45) is 0 Å². The highest BCUT2D eigenvalue weighted by atomic mass is 79.9. The summed E-state index contributed by atoms with van der Waals surface area (Å²) in [6.45, 7) is 1.49. The topological polar surface area (TPSA) is 45.8 Å². The second-order valence-electron chi connectivity index (χ2n) is 2.78. The van der Waals surface area contributed by atoms with Crippen molar-refractivity contribution in [3.05, 3.63) is 28.5 Å². The molecule has 13 heavy (non-hydrogen) atoms. The van der Waals surface area contributed by atoms with Crippen molar-refractivity contribution in [2.45, 2.75) is 6.92 Å². The van der Waals surface area contributed by atoms with Gasteiger partial charge in [0.15, 0.2) is 11.6 Å². The number of hydrogen-bond acceptors (Lipinski definition) is 2. The molecule has 1 aromatic carbocycles. The van der Waals surface area contributed by atoms with Gasteiger partial charge in [0.2, 0.25) is 0 Å². The number of halogens is 1. The van der Waals surface area contributed by atoms with Crippen LogP contribution in [0.25, 0.3) is 11.0 Å². The lowest BCUT2D eigenvalue weighted by molar-refractivity contribution is 0.100. The van der Waals surface area contributed by atoms with Crippen LogP contribution in [0, 0.1) is 0 Å². The Hall–Kier alpha value is -1.16. The van der Waals surface area contributed by atoms with E-state index >= 15 is 0 Å². The first-order valence-corrected chi connectivity index (χ1v) is 4.63. The van der Waals surface area contributed by atoms with E-state index in [4.69, 9.17) is 0 Å². The minimum absolute atomic E-state index is 0.0527. The molecule has 0 fully saturated rings. The van der Waals surface area contributed by atoms with Crippen LogP contribution in [0.4, 0.5) is 0 Å². The number of benzene rings is 1. The van der Waals surface area contributed by atoms with E-state index in [1.54, 1.807) is 0 Å². The zero-order valence-corrected chi connectivity index (χ0v) is 8.55. The molecular formula is C9H7BrN2O. The Balaban J connectivity index is 2.75. The molecule has 0 atom stereocenters. The van der Waals surface area contributed by atoms with E-state index in [0.717, 1.165) is 15.5 Å². The van der Waals surface area contributed by atoms with Crippen LogP contribution in [0.2, 0.25) is 0 Å². The lowest BCUT2D eigenvalue weighted by Crippen LogP contribution is -1.93. The van der Waals surface area contributed by atoms with Gasteiger partial charge in [-0.3, -0.25) is 4.79 Å². The number of hydrogen-bond donors (Lipinski definition) is 1. The van der Waals surface area contributed by atoms with E-state index in [1.807, 2.05) is 18.2 Å². The smallest absolute Gasteiger partial charge is 0.195 e. The molecule has 1 heterocycles. The molecule has 0 spiro atoms. The Morgan fingerprint density at radius 3 is 2.92 bits per heavy atom. The van der Waals surface area contributed by atoms with Crippen molar-refractivity contribution < 1.29 is 4.79 Å². The Labute approximate surface area is 83.3 Å².